The number of hydrogen-bond donors (Lipinski definition) is 1. The minimum Gasteiger partial charge on any atom is -0.312 e. The normalized spacial score (nSPS) is 16.4. The fourth-order valence-electron chi connectivity index (χ4n) is 2.17. The van der Waals surface area contributed by atoms with Crippen molar-refractivity contribution in [2.45, 2.75) is 37.5 Å². The standard InChI is InChI=1S/C14H21NS/c1-14(2,16-3)10-15-13-8-11-6-4-5-7-12(11)9-13/h4-7,13,15H,8-10H2,1-3H3. The molecule has 0 heterocycles. The molecule has 0 spiro atoms. The van der Waals surface area contributed by atoms with E-state index in [2.05, 4.69) is 49.7 Å². The molecule has 0 aliphatic heterocycles. The molecule has 0 unspecified atom stereocenters. The van der Waals surface area contributed by atoms with Gasteiger partial charge in [-0.1, -0.05) is 24.3 Å². The number of thioether (sulfide) groups is 1. The molecule has 2 rings (SSSR count). The van der Waals surface area contributed by atoms with Gasteiger partial charge in [0, 0.05) is 17.3 Å². The first-order valence-corrected chi connectivity index (χ1v) is 7.18. The maximum atomic E-state index is 3.70. The second-order valence-electron chi connectivity index (χ2n) is 5.22. The van der Waals surface area contributed by atoms with Crippen LogP contribution in [0.4, 0.5) is 0 Å². The van der Waals surface area contributed by atoms with E-state index < -0.39 is 0 Å². The van der Waals surface area contributed by atoms with E-state index in [4.69, 9.17) is 0 Å². The third-order valence-corrected chi connectivity index (χ3v) is 4.67. The highest BCUT2D eigenvalue weighted by molar-refractivity contribution is 7.99. The van der Waals surface area contributed by atoms with Gasteiger partial charge in [0.1, 0.15) is 0 Å². The van der Waals surface area contributed by atoms with Crippen molar-refractivity contribution in [3.63, 3.8) is 0 Å². The van der Waals surface area contributed by atoms with E-state index in [-0.39, 0.29) is 0 Å². The maximum Gasteiger partial charge on any atom is 0.0225 e. The lowest BCUT2D eigenvalue weighted by molar-refractivity contribution is 0.495. The van der Waals surface area contributed by atoms with E-state index in [1.807, 2.05) is 11.8 Å². The third-order valence-electron chi connectivity index (χ3n) is 3.42. The monoisotopic (exact) mass is 235 g/mol. The van der Waals surface area contributed by atoms with Crippen LogP contribution in [0.2, 0.25) is 0 Å². The zero-order valence-corrected chi connectivity index (χ0v) is 11.2. The molecule has 0 saturated heterocycles. The molecule has 1 aromatic rings. The van der Waals surface area contributed by atoms with Crippen molar-refractivity contribution in [3.8, 4) is 0 Å². The number of rotatable bonds is 4. The van der Waals surface area contributed by atoms with E-state index >= 15 is 0 Å². The smallest absolute Gasteiger partial charge is 0.0225 e. The molecule has 16 heavy (non-hydrogen) atoms. The Hall–Kier alpha value is -0.470. The summed E-state index contributed by atoms with van der Waals surface area (Å²) in [6, 6.07) is 9.46. The molecule has 0 bridgehead atoms. The fraction of sp³-hybridized carbons (Fsp3) is 0.571. The van der Waals surface area contributed by atoms with Crippen molar-refractivity contribution in [2.24, 2.45) is 0 Å². The molecule has 0 amide bonds. The molecular formula is C14H21NS. The summed E-state index contributed by atoms with van der Waals surface area (Å²) in [5, 5.41) is 3.70. The van der Waals surface area contributed by atoms with Crippen molar-refractivity contribution >= 4 is 11.8 Å². The second kappa shape index (κ2) is 4.80. The van der Waals surface area contributed by atoms with Gasteiger partial charge in [0.05, 0.1) is 0 Å². The number of nitrogens with one attached hydrogen (secondary N) is 1. The van der Waals surface area contributed by atoms with Gasteiger partial charge in [0.2, 0.25) is 0 Å². The lowest BCUT2D eigenvalue weighted by atomic mass is 10.1. The fourth-order valence-corrected chi connectivity index (χ4v) is 2.39. The summed E-state index contributed by atoms with van der Waals surface area (Å²) >= 11 is 1.93. The Labute approximate surface area is 103 Å². The molecular weight excluding hydrogens is 214 g/mol. The minimum absolute atomic E-state index is 0.342. The summed E-state index contributed by atoms with van der Waals surface area (Å²) in [6.45, 7) is 5.69. The highest BCUT2D eigenvalue weighted by Gasteiger charge is 2.23. The van der Waals surface area contributed by atoms with Gasteiger partial charge in [0.25, 0.3) is 0 Å². The summed E-state index contributed by atoms with van der Waals surface area (Å²) in [5.74, 6) is 0. The molecule has 0 saturated carbocycles. The van der Waals surface area contributed by atoms with E-state index in [9.17, 15) is 0 Å². The van der Waals surface area contributed by atoms with Crippen LogP contribution < -0.4 is 5.32 Å². The van der Waals surface area contributed by atoms with Gasteiger partial charge in [-0.25, -0.2) is 0 Å². The van der Waals surface area contributed by atoms with Gasteiger partial charge < -0.3 is 5.32 Å². The average molecular weight is 235 g/mol. The molecule has 1 aliphatic rings. The third kappa shape index (κ3) is 2.80. The molecule has 1 aromatic carbocycles. The Bertz CT molecular complexity index is 335. The van der Waals surface area contributed by atoms with Gasteiger partial charge in [-0.05, 0) is 44.1 Å². The van der Waals surface area contributed by atoms with Crippen LogP contribution in [-0.4, -0.2) is 23.6 Å². The SMILES string of the molecule is CSC(C)(C)CNC1Cc2ccccc2C1. The lowest BCUT2D eigenvalue weighted by Gasteiger charge is -2.24. The maximum absolute atomic E-state index is 3.70. The minimum atomic E-state index is 0.342. The number of hydrogen-bond acceptors (Lipinski definition) is 2. The molecule has 1 aliphatic carbocycles. The van der Waals surface area contributed by atoms with Crippen LogP contribution in [0.25, 0.3) is 0 Å². The van der Waals surface area contributed by atoms with Crippen LogP contribution in [-0.2, 0) is 12.8 Å². The highest BCUT2D eigenvalue weighted by atomic mass is 32.2. The molecule has 88 valence electrons. The predicted molar refractivity (Wildman–Crippen MR) is 73.2 cm³/mol. The Kier molecular flexibility index (Phi) is 3.60. The Morgan fingerprint density at radius 2 is 1.81 bits per heavy atom. The summed E-state index contributed by atoms with van der Waals surface area (Å²) in [6.07, 6.45) is 4.58. The average Bonchev–Trinajstić information content (AvgIpc) is 2.69. The molecule has 0 aromatic heterocycles. The summed E-state index contributed by atoms with van der Waals surface area (Å²) in [5.41, 5.74) is 3.06. The Balaban J connectivity index is 1.88. The van der Waals surface area contributed by atoms with Crippen molar-refractivity contribution in [1.82, 2.24) is 5.32 Å². The first-order valence-electron chi connectivity index (χ1n) is 5.96. The highest BCUT2D eigenvalue weighted by Crippen LogP contribution is 2.24. The molecule has 1 nitrogen and oxygen atoms in total. The summed E-state index contributed by atoms with van der Waals surface area (Å²) in [4.78, 5) is 0. The van der Waals surface area contributed by atoms with E-state index in [0.29, 0.717) is 10.8 Å². The van der Waals surface area contributed by atoms with Crippen LogP contribution in [0.15, 0.2) is 24.3 Å². The van der Waals surface area contributed by atoms with Crippen LogP contribution in [0.1, 0.15) is 25.0 Å². The molecule has 0 atom stereocenters. The van der Waals surface area contributed by atoms with Crippen molar-refractivity contribution in [1.29, 1.82) is 0 Å². The van der Waals surface area contributed by atoms with Crippen molar-refractivity contribution in [2.75, 3.05) is 12.8 Å². The van der Waals surface area contributed by atoms with Crippen LogP contribution in [0.5, 0.6) is 0 Å². The lowest BCUT2D eigenvalue weighted by Crippen LogP contribution is -2.39. The summed E-state index contributed by atoms with van der Waals surface area (Å²) < 4.78 is 0.342. The van der Waals surface area contributed by atoms with Crippen molar-refractivity contribution < 1.29 is 0 Å². The number of fused-ring (bicyclic) bond motifs is 1. The van der Waals surface area contributed by atoms with Crippen LogP contribution in [0, 0.1) is 0 Å². The molecule has 0 fully saturated rings. The van der Waals surface area contributed by atoms with Gasteiger partial charge in [-0.3, -0.25) is 0 Å². The van der Waals surface area contributed by atoms with Crippen LogP contribution in [0.3, 0.4) is 0 Å². The topological polar surface area (TPSA) is 12.0 Å². The zero-order valence-electron chi connectivity index (χ0n) is 10.4. The van der Waals surface area contributed by atoms with E-state index in [1.165, 1.54) is 24.0 Å². The molecule has 2 heteroatoms. The first kappa shape index (κ1) is 12.0. The predicted octanol–water partition coefficient (Wildman–Crippen LogP) is 2.89. The van der Waals surface area contributed by atoms with Gasteiger partial charge in [0.15, 0.2) is 0 Å². The summed E-state index contributed by atoms with van der Waals surface area (Å²) in [7, 11) is 0. The van der Waals surface area contributed by atoms with E-state index in [1.54, 1.807) is 0 Å². The number of benzene rings is 1. The quantitative estimate of drug-likeness (QED) is 0.861. The molecule has 1 N–H and O–H groups in total. The Morgan fingerprint density at radius 3 is 2.31 bits per heavy atom. The first-order chi connectivity index (χ1) is 7.61. The van der Waals surface area contributed by atoms with Gasteiger partial charge in [-0.2, -0.15) is 11.8 Å². The van der Waals surface area contributed by atoms with Crippen LogP contribution >= 0.6 is 11.8 Å². The largest absolute Gasteiger partial charge is 0.312 e. The van der Waals surface area contributed by atoms with Gasteiger partial charge in [-0.15, -0.1) is 0 Å². The second-order valence-corrected chi connectivity index (χ2v) is 6.73. The Morgan fingerprint density at radius 1 is 1.25 bits per heavy atom. The van der Waals surface area contributed by atoms with E-state index in [0.717, 1.165) is 6.54 Å². The van der Waals surface area contributed by atoms with Gasteiger partial charge >= 0.3 is 0 Å². The zero-order chi connectivity index (χ0) is 11.6. The molecule has 0 radical (unpaired) electrons. The van der Waals surface area contributed by atoms with Crippen molar-refractivity contribution in [3.05, 3.63) is 35.4 Å².